The van der Waals surface area contributed by atoms with Crippen LogP contribution in [0.25, 0.3) is 0 Å². The van der Waals surface area contributed by atoms with E-state index in [2.05, 4.69) is 10.6 Å². The number of aromatic hydroxyl groups is 1. The molecule has 0 heterocycles. The Morgan fingerprint density at radius 2 is 1.76 bits per heavy atom. The van der Waals surface area contributed by atoms with Crippen LogP contribution in [0, 0.1) is 13.8 Å². The van der Waals surface area contributed by atoms with Crippen LogP contribution in [0.2, 0.25) is 0 Å². The predicted molar refractivity (Wildman–Crippen MR) is 94.9 cm³/mol. The van der Waals surface area contributed by atoms with E-state index in [9.17, 15) is 14.7 Å². The van der Waals surface area contributed by atoms with Gasteiger partial charge in [0.25, 0.3) is 11.8 Å². The summed E-state index contributed by atoms with van der Waals surface area (Å²) in [5.41, 5.74) is 2.48. The normalized spacial score (nSPS) is 10.2. The highest BCUT2D eigenvalue weighted by Gasteiger charge is 2.07. The number of amides is 2. The maximum atomic E-state index is 11.9. The Kier molecular flexibility index (Phi) is 6.39. The first-order chi connectivity index (χ1) is 12.0. The lowest BCUT2D eigenvalue weighted by molar-refractivity contribution is -0.123. The van der Waals surface area contributed by atoms with Crippen LogP contribution in [0.5, 0.6) is 11.5 Å². The number of hydrogen-bond donors (Lipinski definition) is 3. The Bertz CT molecular complexity index is 759. The number of carbonyl (C=O) groups is 2. The zero-order valence-electron chi connectivity index (χ0n) is 14.3. The van der Waals surface area contributed by atoms with Crippen molar-refractivity contribution in [1.29, 1.82) is 0 Å². The van der Waals surface area contributed by atoms with Gasteiger partial charge in [0, 0.05) is 18.7 Å². The molecule has 0 atom stereocenters. The van der Waals surface area contributed by atoms with E-state index >= 15 is 0 Å². The van der Waals surface area contributed by atoms with Gasteiger partial charge in [-0.15, -0.1) is 0 Å². The van der Waals surface area contributed by atoms with Gasteiger partial charge in [-0.1, -0.05) is 18.2 Å². The summed E-state index contributed by atoms with van der Waals surface area (Å²) in [6.45, 7) is 4.42. The first kappa shape index (κ1) is 18.3. The number of ether oxygens (including phenoxy) is 1. The molecule has 25 heavy (non-hydrogen) atoms. The minimum absolute atomic E-state index is 0.0320. The van der Waals surface area contributed by atoms with Crippen LogP contribution in [0.3, 0.4) is 0 Å². The van der Waals surface area contributed by atoms with E-state index in [-0.39, 0.29) is 30.7 Å². The predicted octanol–water partition coefficient (Wildman–Crippen LogP) is 1.93. The molecule has 2 aromatic carbocycles. The number of benzene rings is 2. The monoisotopic (exact) mass is 342 g/mol. The SMILES string of the molecule is Cc1cccc(OCC(=O)NCCNC(=O)c2cccc(O)c2)c1C. The van der Waals surface area contributed by atoms with Gasteiger partial charge in [0.15, 0.2) is 6.61 Å². The van der Waals surface area contributed by atoms with Gasteiger partial charge in [0.05, 0.1) is 0 Å². The molecule has 3 N–H and O–H groups in total. The number of phenols is 1. The zero-order valence-corrected chi connectivity index (χ0v) is 14.3. The van der Waals surface area contributed by atoms with E-state index < -0.39 is 0 Å². The van der Waals surface area contributed by atoms with Crippen LogP contribution < -0.4 is 15.4 Å². The van der Waals surface area contributed by atoms with E-state index in [1.165, 1.54) is 12.1 Å². The van der Waals surface area contributed by atoms with Crippen molar-refractivity contribution in [3.63, 3.8) is 0 Å². The second-order valence-electron chi connectivity index (χ2n) is 5.64. The Labute approximate surface area is 146 Å². The quantitative estimate of drug-likeness (QED) is 0.671. The molecule has 2 amide bonds. The summed E-state index contributed by atoms with van der Waals surface area (Å²) >= 11 is 0. The standard InChI is InChI=1S/C19H22N2O4/c1-13-5-3-8-17(14(13)2)25-12-18(23)20-9-10-21-19(24)15-6-4-7-16(22)11-15/h3-8,11,22H,9-10,12H2,1-2H3,(H,20,23)(H,21,24). The van der Waals surface area contributed by atoms with E-state index in [4.69, 9.17) is 4.74 Å². The highest BCUT2D eigenvalue weighted by Crippen LogP contribution is 2.20. The summed E-state index contributed by atoms with van der Waals surface area (Å²) in [5, 5.41) is 14.7. The van der Waals surface area contributed by atoms with Gasteiger partial charge < -0.3 is 20.5 Å². The lowest BCUT2D eigenvalue weighted by atomic mass is 10.1. The topological polar surface area (TPSA) is 87.7 Å². The first-order valence-electron chi connectivity index (χ1n) is 8.00. The van der Waals surface area contributed by atoms with Crippen LogP contribution in [-0.4, -0.2) is 36.6 Å². The molecule has 0 bridgehead atoms. The number of aryl methyl sites for hydroxylation is 1. The van der Waals surface area contributed by atoms with Crippen LogP contribution in [0.15, 0.2) is 42.5 Å². The van der Waals surface area contributed by atoms with Crippen molar-refractivity contribution in [3.05, 3.63) is 59.2 Å². The molecular weight excluding hydrogens is 320 g/mol. The van der Waals surface area contributed by atoms with Gasteiger partial charge in [-0.3, -0.25) is 9.59 Å². The second kappa shape index (κ2) is 8.73. The average Bonchev–Trinajstić information content (AvgIpc) is 2.59. The number of rotatable bonds is 7. The summed E-state index contributed by atoms with van der Waals surface area (Å²) in [6.07, 6.45) is 0. The van der Waals surface area contributed by atoms with Crippen molar-refractivity contribution in [2.24, 2.45) is 0 Å². The third-order valence-electron chi connectivity index (χ3n) is 3.75. The number of hydrogen-bond acceptors (Lipinski definition) is 4. The third-order valence-corrected chi connectivity index (χ3v) is 3.75. The molecule has 0 fully saturated rings. The minimum atomic E-state index is -0.309. The molecule has 6 nitrogen and oxygen atoms in total. The lowest BCUT2D eigenvalue weighted by Crippen LogP contribution is -2.36. The minimum Gasteiger partial charge on any atom is -0.508 e. The Hall–Kier alpha value is -3.02. The third kappa shape index (κ3) is 5.53. The maximum Gasteiger partial charge on any atom is 0.258 e. The van der Waals surface area contributed by atoms with Crippen molar-refractivity contribution in [3.8, 4) is 11.5 Å². The molecule has 0 aliphatic heterocycles. The number of phenolic OH excluding ortho intramolecular Hbond substituents is 1. The van der Waals surface area contributed by atoms with E-state index in [0.29, 0.717) is 17.9 Å². The maximum absolute atomic E-state index is 11.9. The van der Waals surface area contributed by atoms with Gasteiger partial charge in [0.1, 0.15) is 11.5 Å². The molecule has 0 aliphatic rings. The summed E-state index contributed by atoms with van der Waals surface area (Å²) < 4.78 is 5.51. The summed E-state index contributed by atoms with van der Waals surface area (Å²) in [6, 6.07) is 11.8. The molecule has 0 aliphatic carbocycles. The fraction of sp³-hybridized carbons (Fsp3) is 0.263. The van der Waals surface area contributed by atoms with Gasteiger partial charge in [-0.25, -0.2) is 0 Å². The fourth-order valence-electron chi connectivity index (χ4n) is 2.20. The Balaban J connectivity index is 1.68. The van der Waals surface area contributed by atoms with E-state index in [0.717, 1.165) is 11.1 Å². The van der Waals surface area contributed by atoms with Gasteiger partial charge in [-0.2, -0.15) is 0 Å². The van der Waals surface area contributed by atoms with Crippen LogP contribution in [-0.2, 0) is 4.79 Å². The molecule has 2 aromatic rings. The summed E-state index contributed by atoms with van der Waals surface area (Å²) in [7, 11) is 0. The smallest absolute Gasteiger partial charge is 0.258 e. The lowest BCUT2D eigenvalue weighted by Gasteiger charge is -2.11. The molecule has 0 spiro atoms. The second-order valence-corrected chi connectivity index (χ2v) is 5.64. The highest BCUT2D eigenvalue weighted by molar-refractivity contribution is 5.94. The molecule has 0 unspecified atom stereocenters. The first-order valence-corrected chi connectivity index (χ1v) is 8.00. The molecular formula is C19H22N2O4. The van der Waals surface area contributed by atoms with Crippen molar-refractivity contribution in [2.45, 2.75) is 13.8 Å². The van der Waals surface area contributed by atoms with E-state index in [1.54, 1.807) is 12.1 Å². The Morgan fingerprint density at radius 3 is 2.52 bits per heavy atom. The largest absolute Gasteiger partial charge is 0.508 e. The van der Waals surface area contributed by atoms with Crippen molar-refractivity contribution in [2.75, 3.05) is 19.7 Å². The average molecular weight is 342 g/mol. The van der Waals surface area contributed by atoms with Crippen LogP contribution in [0.4, 0.5) is 0 Å². The molecule has 132 valence electrons. The van der Waals surface area contributed by atoms with Crippen LogP contribution in [0.1, 0.15) is 21.5 Å². The Morgan fingerprint density at radius 1 is 1.04 bits per heavy atom. The zero-order chi connectivity index (χ0) is 18.2. The molecule has 0 saturated heterocycles. The summed E-state index contributed by atoms with van der Waals surface area (Å²) in [5.74, 6) is 0.154. The highest BCUT2D eigenvalue weighted by atomic mass is 16.5. The van der Waals surface area contributed by atoms with Gasteiger partial charge in [0.2, 0.25) is 0 Å². The molecule has 2 rings (SSSR count). The molecule has 0 aromatic heterocycles. The van der Waals surface area contributed by atoms with Gasteiger partial charge >= 0.3 is 0 Å². The number of nitrogens with one attached hydrogen (secondary N) is 2. The molecule has 0 radical (unpaired) electrons. The van der Waals surface area contributed by atoms with Crippen molar-refractivity contribution < 1.29 is 19.4 Å². The molecule has 0 saturated carbocycles. The van der Waals surface area contributed by atoms with Crippen LogP contribution >= 0.6 is 0 Å². The van der Waals surface area contributed by atoms with Crippen molar-refractivity contribution >= 4 is 11.8 Å². The van der Waals surface area contributed by atoms with Gasteiger partial charge in [-0.05, 0) is 49.2 Å². The molecule has 6 heteroatoms. The number of carbonyl (C=O) groups excluding carboxylic acids is 2. The van der Waals surface area contributed by atoms with E-state index in [1.807, 2.05) is 32.0 Å². The van der Waals surface area contributed by atoms with Crippen molar-refractivity contribution in [1.82, 2.24) is 10.6 Å². The fourth-order valence-corrected chi connectivity index (χ4v) is 2.20. The summed E-state index contributed by atoms with van der Waals surface area (Å²) in [4.78, 5) is 23.7.